The molecule has 0 aliphatic carbocycles. The Hall–Kier alpha value is -3.73. The maximum Gasteiger partial charge on any atom is 0.246 e. The third kappa shape index (κ3) is 5.07. The van der Waals surface area contributed by atoms with E-state index in [2.05, 4.69) is 34.4 Å². The molecule has 31 heavy (non-hydrogen) atoms. The zero-order chi connectivity index (χ0) is 21.5. The minimum Gasteiger partial charge on any atom is -0.337 e. The Balaban J connectivity index is 1.50. The molecule has 0 radical (unpaired) electrons. The lowest BCUT2D eigenvalue weighted by molar-refractivity contribution is -0.132. The quantitative estimate of drug-likeness (QED) is 0.394. The average molecular weight is 412 g/mol. The average Bonchev–Trinajstić information content (AvgIpc) is 3.31. The summed E-state index contributed by atoms with van der Waals surface area (Å²) < 4.78 is 5.42. The highest BCUT2D eigenvalue weighted by molar-refractivity contribution is 5.77. The van der Waals surface area contributed by atoms with Gasteiger partial charge >= 0.3 is 0 Å². The van der Waals surface area contributed by atoms with Crippen LogP contribution in [0.15, 0.2) is 95.5 Å². The van der Waals surface area contributed by atoms with Crippen LogP contribution in [0.2, 0.25) is 0 Å². The van der Waals surface area contributed by atoms with Crippen molar-refractivity contribution in [2.24, 2.45) is 0 Å². The van der Waals surface area contributed by atoms with E-state index in [4.69, 9.17) is 4.52 Å². The van der Waals surface area contributed by atoms with Gasteiger partial charge in [-0.05, 0) is 18.1 Å². The minimum atomic E-state index is -0.00786. The summed E-state index contributed by atoms with van der Waals surface area (Å²) in [5, 5.41) is 4.07. The fourth-order valence-electron chi connectivity index (χ4n) is 3.67. The third-order valence-electron chi connectivity index (χ3n) is 5.34. The lowest BCUT2D eigenvalue weighted by Gasteiger charge is -2.23. The van der Waals surface area contributed by atoms with E-state index in [9.17, 15) is 4.79 Å². The monoisotopic (exact) mass is 411 g/mol. The van der Waals surface area contributed by atoms with E-state index < -0.39 is 0 Å². The molecule has 0 spiro atoms. The van der Waals surface area contributed by atoms with Crippen molar-refractivity contribution >= 4 is 5.91 Å². The molecule has 0 aliphatic heterocycles. The van der Waals surface area contributed by atoms with Crippen LogP contribution < -0.4 is 0 Å². The van der Waals surface area contributed by atoms with Crippen LogP contribution in [0.25, 0.3) is 11.4 Å². The molecule has 0 fully saturated rings. The highest BCUT2D eigenvalue weighted by Gasteiger charge is 2.23. The molecule has 0 bridgehead atoms. The summed E-state index contributed by atoms with van der Waals surface area (Å²) in [5.41, 5.74) is 3.14. The Morgan fingerprint density at radius 2 is 1.42 bits per heavy atom. The lowest BCUT2D eigenvalue weighted by atomic mass is 9.88. The molecule has 5 nitrogen and oxygen atoms in total. The summed E-state index contributed by atoms with van der Waals surface area (Å²) >= 11 is 0. The van der Waals surface area contributed by atoms with Crippen LogP contribution in [0.3, 0.4) is 0 Å². The van der Waals surface area contributed by atoms with Crippen LogP contribution >= 0.6 is 0 Å². The van der Waals surface area contributed by atoms with Crippen LogP contribution in [0.5, 0.6) is 0 Å². The van der Waals surface area contributed by atoms with E-state index in [1.165, 1.54) is 0 Å². The van der Waals surface area contributed by atoms with Crippen molar-refractivity contribution < 1.29 is 9.32 Å². The largest absolute Gasteiger partial charge is 0.337 e. The molecule has 4 aromatic rings. The predicted molar refractivity (Wildman–Crippen MR) is 120 cm³/mol. The number of nitrogens with zero attached hydrogens (tertiary/aromatic N) is 3. The van der Waals surface area contributed by atoms with Crippen molar-refractivity contribution in [3.05, 3.63) is 108 Å². The molecule has 0 saturated heterocycles. The Labute approximate surface area is 182 Å². The number of rotatable bonds is 8. The molecule has 0 unspecified atom stereocenters. The fourth-order valence-corrected chi connectivity index (χ4v) is 3.67. The molecule has 5 heteroatoms. The first-order valence-electron chi connectivity index (χ1n) is 10.5. The van der Waals surface area contributed by atoms with Gasteiger partial charge in [0.05, 0.1) is 6.54 Å². The zero-order valence-electron chi connectivity index (χ0n) is 17.5. The maximum atomic E-state index is 13.2. The number of aromatic nitrogens is 2. The van der Waals surface area contributed by atoms with Crippen LogP contribution in [0.1, 0.15) is 36.3 Å². The SMILES string of the molecule is CCN(Cc1nc(-c2ccccc2)no1)C(=O)CC(c1ccccc1)c1ccccc1. The van der Waals surface area contributed by atoms with Crippen LogP contribution in [0, 0.1) is 0 Å². The predicted octanol–water partition coefficient (Wildman–Crippen LogP) is 5.31. The summed E-state index contributed by atoms with van der Waals surface area (Å²) in [7, 11) is 0. The first kappa shape index (κ1) is 20.5. The summed E-state index contributed by atoms with van der Waals surface area (Å²) in [6.45, 7) is 2.83. The number of amides is 1. The summed E-state index contributed by atoms with van der Waals surface area (Å²) in [5.74, 6) is 1.02. The molecular formula is C26H25N3O2. The summed E-state index contributed by atoms with van der Waals surface area (Å²) in [6.07, 6.45) is 0.377. The fraction of sp³-hybridized carbons (Fsp3) is 0.192. The molecule has 156 valence electrons. The van der Waals surface area contributed by atoms with Crippen molar-refractivity contribution in [3.8, 4) is 11.4 Å². The molecule has 0 atom stereocenters. The number of benzene rings is 3. The standard InChI is InChI=1S/C26H25N3O2/c1-2-29(19-24-27-26(28-31-24)22-16-10-5-11-17-22)25(30)18-23(20-12-6-3-7-13-20)21-14-8-4-9-15-21/h3-17,23H,2,18-19H2,1H3. The Kier molecular flexibility index (Phi) is 6.53. The molecule has 3 aromatic carbocycles. The number of hydrogen-bond donors (Lipinski definition) is 0. The molecule has 1 amide bonds. The van der Waals surface area contributed by atoms with Crippen molar-refractivity contribution in [2.45, 2.75) is 25.8 Å². The molecule has 0 saturated carbocycles. The number of carbonyl (C=O) groups excluding carboxylic acids is 1. The Bertz CT molecular complexity index is 1060. The van der Waals surface area contributed by atoms with E-state index in [0.29, 0.717) is 31.2 Å². The van der Waals surface area contributed by atoms with Gasteiger partial charge in [-0.2, -0.15) is 4.98 Å². The smallest absolute Gasteiger partial charge is 0.246 e. The van der Waals surface area contributed by atoms with E-state index >= 15 is 0 Å². The zero-order valence-corrected chi connectivity index (χ0v) is 17.5. The minimum absolute atomic E-state index is 0.00786. The molecule has 1 heterocycles. The van der Waals surface area contributed by atoms with E-state index in [-0.39, 0.29) is 11.8 Å². The molecule has 4 rings (SSSR count). The second kappa shape index (κ2) is 9.85. The molecule has 0 N–H and O–H groups in total. The Morgan fingerprint density at radius 1 is 0.871 bits per heavy atom. The summed E-state index contributed by atoms with van der Waals surface area (Å²) in [6, 6.07) is 30.0. The van der Waals surface area contributed by atoms with E-state index in [0.717, 1.165) is 16.7 Å². The second-order valence-corrected chi connectivity index (χ2v) is 7.36. The van der Waals surface area contributed by atoms with Gasteiger partial charge in [-0.1, -0.05) is 96.2 Å². The Morgan fingerprint density at radius 3 is 1.97 bits per heavy atom. The summed E-state index contributed by atoms with van der Waals surface area (Å²) in [4.78, 5) is 19.5. The van der Waals surface area contributed by atoms with Crippen LogP contribution in [-0.2, 0) is 11.3 Å². The van der Waals surface area contributed by atoms with Crippen molar-refractivity contribution in [3.63, 3.8) is 0 Å². The maximum absolute atomic E-state index is 13.2. The van der Waals surface area contributed by atoms with Gasteiger partial charge in [0.15, 0.2) is 0 Å². The van der Waals surface area contributed by atoms with Crippen molar-refractivity contribution in [1.29, 1.82) is 0 Å². The second-order valence-electron chi connectivity index (χ2n) is 7.36. The van der Waals surface area contributed by atoms with Gasteiger partial charge in [-0.3, -0.25) is 4.79 Å². The molecule has 1 aromatic heterocycles. The highest BCUT2D eigenvalue weighted by atomic mass is 16.5. The van der Waals surface area contributed by atoms with Crippen molar-refractivity contribution in [2.75, 3.05) is 6.54 Å². The van der Waals surface area contributed by atoms with Gasteiger partial charge in [0.2, 0.25) is 17.6 Å². The molecular weight excluding hydrogens is 386 g/mol. The van der Waals surface area contributed by atoms with Gasteiger partial charge in [0.1, 0.15) is 0 Å². The first-order chi connectivity index (χ1) is 15.2. The number of hydrogen-bond acceptors (Lipinski definition) is 4. The third-order valence-corrected chi connectivity index (χ3v) is 5.34. The van der Waals surface area contributed by atoms with Crippen LogP contribution in [0.4, 0.5) is 0 Å². The molecule has 0 aliphatic rings. The lowest BCUT2D eigenvalue weighted by Crippen LogP contribution is -2.31. The van der Waals surface area contributed by atoms with Crippen molar-refractivity contribution in [1.82, 2.24) is 15.0 Å². The topological polar surface area (TPSA) is 59.2 Å². The van der Waals surface area contributed by atoms with E-state index in [1.54, 1.807) is 4.90 Å². The normalized spacial score (nSPS) is 10.9. The van der Waals surface area contributed by atoms with Gasteiger partial charge in [0, 0.05) is 24.4 Å². The van der Waals surface area contributed by atoms with Gasteiger partial charge in [0.25, 0.3) is 0 Å². The van der Waals surface area contributed by atoms with Crippen LogP contribution in [-0.4, -0.2) is 27.5 Å². The van der Waals surface area contributed by atoms with E-state index in [1.807, 2.05) is 73.7 Å². The first-order valence-corrected chi connectivity index (χ1v) is 10.5. The van der Waals surface area contributed by atoms with Gasteiger partial charge < -0.3 is 9.42 Å². The number of carbonyl (C=O) groups is 1. The van der Waals surface area contributed by atoms with Gasteiger partial charge in [-0.15, -0.1) is 0 Å². The van der Waals surface area contributed by atoms with Gasteiger partial charge in [-0.25, -0.2) is 0 Å². The highest BCUT2D eigenvalue weighted by Crippen LogP contribution is 2.29.